The molecule has 1 amide bonds. The first kappa shape index (κ1) is 13.2. The first-order valence-electron chi connectivity index (χ1n) is 6.66. The second-order valence-corrected chi connectivity index (χ2v) is 7.47. The fraction of sp³-hybridized carbons (Fsp3) is 0.571. The van der Waals surface area contributed by atoms with Gasteiger partial charge in [0.05, 0.1) is 4.88 Å². The van der Waals surface area contributed by atoms with Crippen LogP contribution in [0.5, 0.6) is 0 Å². The molecule has 0 spiro atoms. The van der Waals surface area contributed by atoms with Gasteiger partial charge in [0.1, 0.15) is 5.78 Å². The molecule has 19 heavy (non-hydrogen) atoms. The number of hydrogen-bond donors (Lipinski definition) is 0. The number of piperidine rings is 1. The number of aryl methyl sites for hydroxylation is 1. The van der Waals surface area contributed by atoms with Gasteiger partial charge in [-0.25, -0.2) is 0 Å². The van der Waals surface area contributed by atoms with E-state index in [0.29, 0.717) is 19.5 Å². The Hall–Kier alpha value is -0.810. The van der Waals surface area contributed by atoms with E-state index in [4.69, 9.17) is 0 Å². The molecule has 0 radical (unpaired) electrons. The first-order valence-corrected chi connectivity index (χ1v) is 8.63. The van der Waals surface area contributed by atoms with E-state index in [2.05, 4.69) is 6.07 Å². The summed E-state index contributed by atoms with van der Waals surface area (Å²) in [5, 5.41) is 0. The highest BCUT2D eigenvalue weighted by Gasteiger charge is 2.28. The lowest BCUT2D eigenvalue weighted by molar-refractivity contribution is -0.124. The molecule has 0 bridgehead atoms. The third-order valence-electron chi connectivity index (χ3n) is 3.80. The maximum absolute atomic E-state index is 12.5. The molecule has 1 fully saturated rings. The van der Waals surface area contributed by atoms with Gasteiger partial charge in [-0.3, -0.25) is 9.59 Å². The Morgan fingerprint density at radius 3 is 3.00 bits per heavy atom. The lowest BCUT2D eigenvalue weighted by Gasteiger charge is -2.29. The zero-order chi connectivity index (χ0) is 13.4. The van der Waals surface area contributed by atoms with Gasteiger partial charge in [0.25, 0.3) is 5.91 Å². The average Bonchev–Trinajstić information content (AvgIpc) is 2.85. The Labute approximate surface area is 121 Å². The van der Waals surface area contributed by atoms with Gasteiger partial charge in [0.15, 0.2) is 0 Å². The molecule has 0 N–H and O–H groups in total. The summed E-state index contributed by atoms with van der Waals surface area (Å²) < 4.78 is 0. The van der Waals surface area contributed by atoms with Crippen LogP contribution in [-0.4, -0.2) is 35.4 Å². The summed E-state index contributed by atoms with van der Waals surface area (Å²) in [7, 11) is 0. The molecular weight excluding hydrogens is 278 g/mol. The molecule has 1 unspecified atom stereocenters. The largest absolute Gasteiger partial charge is 0.337 e. The van der Waals surface area contributed by atoms with E-state index in [0.717, 1.165) is 22.8 Å². The highest BCUT2D eigenvalue weighted by Crippen LogP contribution is 2.32. The van der Waals surface area contributed by atoms with Crippen molar-refractivity contribution in [1.82, 2.24) is 4.90 Å². The molecule has 3 nitrogen and oxygen atoms in total. The summed E-state index contributed by atoms with van der Waals surface area (Å²) in [6, 6.07) is 2.07. The van der Waals surface area contributed by atoms with Crippen molar-refractivity contribution in [2.24, 2.45) is 5.92 Å². The summed E-state index contributed by atoms with van der Waals surface area (Å²) in [5.74, 6) is 2.59. The zero-order valence-electron chi connectivity index (χ0n) is 11.0. The van der Waals surface area contributed by atoms with Gasteiger partial charge in [0.2, 0.25) is 0 Å². The van der Waals surface area contributed by atoms with Gasteiger partial charge in [-0.1, -0.05) is 6.92 Å². The SMILES string of the molecule is CC1CN(C(=O)c2cc3c(s2)CCSC3)CCC1=O. The number of thiophene rings is 1. The van der Waals surface area contributed by atoms with Crippen molar-refractivity contribution in [3.05, 3.63) is 21.4 Å². The lowest BCUT2D eigenvalue weighted by atomic mass is 9.98. The highest BCUT2D eigenvalue weighted by molar-refractivity contribution is 7.98. The quantitative estimate of drug-likeness (QED) is 0.799. The molecule has 3 heterocycles. The first-order chi connectivity index (χ1) is 9.15. The lowest BCUT2D eigenvalue weighted by Crippen LogP contribution is -2.42. The van der Waals surface area contributed by atoms with Crippen LogP contribution in [0.2, 0.25) is 0 Å². The molecule has 2 aliphatic heterocycles. The minimum absolute atomic E-state index is 0.0113. The molecule has 102 valence electrons. The second-order valence-electron chi connectivity index (χ2n) is 5.23. The minimum Gasteiger partial charge on any atom is -0.337 e. The second kappa shape index (κ2) is 5.29. The van der Waals surface area contributed by atoms with E-state index < -0.39 is 0 Å². The Morgan fingerprint density at radius 1 is 1.42 bits per heavy atom. The van der Waals surface area contributed by atoms with Crippen LogP contribution < -0.4 is 0 Å². The van der Waals surface area contributed by atoms with Crippen LogP contribution >= 0.6 is 23.1 Å². The number of thioether (sulfide) groups is 1. The number of hydrogen-bond acceptors (Lipinski definition) is 4. The molecule has 0 aliphatic carbocycles. The molecule has 1 aromatic heterocycles. The smallest absolute Gasteiger partial charge is 0.263 e. The van der Waals surface area contributed by atoms with E-state index in [1.807, 2.05) is 23.6 Å². The van der Waals surface area contributed by atoms with Gasteiger partial charge in [-0.05, 0) is 23.8 Å². The van der Waals surface area contributed by atoms with Crippen molar-refractivity contribution in [3.8, 4) is 0 Å². The van der Waals surface area contributed by atoms with E-state index in [9.17, 15) is 9.59 Å². The summed E-state index contributed by atoms with van der Waals surface area (Å²) in [6.07, 6.45) is 1.60. The van der Waals surface area contributed by atoms with Crippen molar-refractivity contribution >= 4 is 34.8 Å². The highest BCUT2D eigenvalue weighted by atomic mass is 32.2. The normalized spacial score (nSPS) is 23.3. The van der Waals surface area contributed by atoms with Crippen LogP contribution in [0, 0.1) is 5.92 Å². The summed E-state index contributed by atoms with van der Waals surface area (Å²) >= 11 is 3.59. The molecular formula is C14H17NO2S2. The van der Waals surface area contributed by atoms with Crippen LogP contribution in [-0.2, 0) is 17.0 Å². The molecule has 2 aliphatic rings. The van der Waals surface area contributed by atoms with Crippen molar-refractivity contribution < 1.29 is 9.59 Å². The van der Waals surface area contributed by atoms with Gasteiger partial charge < -0.3 is 4.90 Å². The molecule has 3 rings (SSSR count). The number of likely N-dealkylation sites (tertiary alicyclic amines) is 1. The van der Waals surface area contributed by atoms with Gasteiger partial charge in [-0.15, -0.1) is 11.3 Å². The van der Waals surface area contributed by atoms with Crippen molar-refractivity contribution in [3.63, 3.8) is 0 Å². The van der Waals surface area contributed by atoms with Crippen LogP contribution in [0.25, 0.3) is 0 Å². The predicted octanol–water partition coefficient (Wildman–Crippen LogP) is 2.59. The minimum atomic E-state index is -0.0113. The number of rotatable bonds is 1. The maximum atomic E-state index is 12.5. The fourth-order valence-electron chi connectivity index (χ4n) is 2.61. The standard InChI is InChI=1S/C14H17NO2S2/c1-9-7-15(4-2-11(9)16)14(17)13-6-10-8-18-5-3-12(10)19-13/h6,9H,2-5,7-8H2,1H3. The number of amides is 1. The van der Waals surface area contributed by atoms with E-state index in [-0.39, 0.29) is 17.6 Å². The molecule has 1 aromatic rings. The maximum Gasteiger partial charge on any atom is 0.263 e. The average molecular weight is 295 g/mol. The molecule has 1 saturated heterocycles. The van der Waals surface area contributed by atoms with Crippen molar-refractivity contribution in [1.29, 1.82) is 0 Å². The third-order valence-corrected chi connectivity index (χ3v) is 6.03. The van der Waals surface area contributed by atoms with E-state index in [1.54, 1.807) is 11.3 Å². The molecule has 1 atom stereocenters. The Kier molecular flexibility index (Phi) is 3.67. The summed E-state index contributed by atoms with van der Waals surface area (Å²) in [5.41, 5.74) is 1.34. The Morgan fingerprint density at radius 2 is 2.26 bits per heavy atom. The number of fused-ring (bicyclic) bond motifs is 1. The predicted molar refractivity (Wildman–Crippen MR) is 78.9 cm³/mol. The van der Waals surface area contributed by atoms with Crippen LogP contribution in [0.1, 0.15) is 33.5 Å². The number of carbonyl (C=O) groups is 2. The Balaban J connectivity index is 1.76. The van der Waals surface area contributed by atoms with Crippen LogP contribution in [0.15, 0.2) is 6.07 Å². The Bertz CT molecular complexity index is 500. The third kappa shape index (κ3) is 2.58. The topological polar surface area (TPSA) is 37.4 Å². The molecule has 0 aromatic carbocycles. The van der Waals surface area contributed by atoms with Crippen LogP contribution in [0.3, 0.4) is 0 Å². The fourth-order valence-corrected chi connectivity index (χ4v) is 4.95. The number of carbonyl (C=O) groups excluding carboxylic acids is 2. The molecule has 0 saturated carbocycles. The monoisotopic (exact) mass is 295 g/mol. The van der Waals surface area contributed by atoms with Crippen molar-refractivity contribution in [2.75, 3.05) is 18.8 Å². The van der Waals surface area contributed by atoms with E-state index in [1.165, 1.54) is 10.4 Å². The molecule has 5 heteroatoms. The summed E-state index contributed by atoms with van der Waals surface area (Å²) in [4.78, 5) is 28.1. The van der Waals surface area contributed by atoms with Gasteiger partial charge >= 0.3 is 0 Å². The number of Topliss-reactive ketones (excluding diaryl/α,β-unsaturated/α-hetero) is 1. The zero-order valence-corrected chi connectivity index (χ0v) is 12.6. The van der Waals surface area contributed by atoms with Crippen molar-refractivity contribution in [2.45, 2.75) is 25.5 Å². The van der Waals surface area contributed by atoms with E-state index >= 15 is 0 Å². The van der Waals surface area contributed by atoms with Gasteiger partial charge in [0, 0.05) is 36.1 Å². The summed E-state index contributed by atoms with van der Waals surface area (Å²) in [6.45, 7) is 3.08. The number of ketones is 1. The van der Waals surface area contributed by atoms with Crippen LogP contribution in [0.4, 0.5) is 0 Å². The van der Waals surface area contributed by atoms with Gasteiger partial charge in [-0.2, -0.15) is 11.8 Å². The number of nitrogens with zero attached hydrogens (tertiary/aromatic N) is 1.